The van der Waals surface area contributed by atoms with Crippen molar-refractivity contribution in [2.45, 2.75) is 24.3 Å². The molecule has 192 valence electrons. The number of aromatic nitrogens is 1. The largest absolute Gasteiger partial charge is 0.497 e. The third-order valence-corrected chi connectivity index (χ3v) is 9.47. The summed E-state index contributed by atoms with van der Waals surface area (Å²) in [6, 6.07) is 20.3. The van der Waals surface area contributed by atoms with E-state index in [1.54, 1.807) is 23.1 Å². The molecule has 1 saturated heterocycles. The number of anilines is 1. The van der Waals surface area contributed by atoms with Crippen molar-refractivity contribution in [3.63, 3.8) is 0 Å². The van der Waals surface area contributed by atoms with E-state index in [1.165, 1.54) is 47.0 Å². The molecule has 7 nitrogen and oxygen atoms in total. The molecule has 0 saturated carbocycles. The van der Waals surface area contributed by atoms with E-state index in [-0.39, 0.29) is 35.6 Å². The number of benzene rings is 3. The molecule has 0 radical (unpaired) electrons. The number of thiazole rings is 1. The van der Waals surface area contributed by atoms with E-state index in [0.29, 0.717) is 40.5 Å². The van der Waals surface area contributed by atoms with Gasteiger partial charge < -0.3 is 4.74 Å². The fourth-order valence-corrected chi connectivity index (χ4v) is 6.93. The summed E-state index contributed by atoms with van der Waals surface area (Å²) in [5.74, 6) is -0.229. The summed E-state index contributed by atoms with van der Waals surface area (Å²) in [7, 11) is -2.14. The Labute approximate surface area is 219 Å². The van der Waals surface area contributed by atoms with Crippen molar-refractivity contribution < 1.29 is 22.3 Å². The van der Waals surface area contributed by atoms with Gasteiger partial charge in [0.05, 0.1) is 28.8 Å². The van der Waals surface area contributed by atoms with E-state index in [1.807, 2.05) is 30.3 Å². The summed E-state index contributed by atoms with van der Waals surface area (Å²) in [6.07, 6.45) is 0.804. The van der Waals surface area contributed by atoms with Crippen LogP contribution in [0.1, 0.15) is 18.4 Å². The number of piperidine rings is 1. The van der Waals surface area contributed by atoms with Crippen LogP contribution in [0.2, 0.25) is 0 Å². The number of methoxy groups -OCH3 is 1. The van der Waals surface area contributed by atoms with Gasteiger partial charge in [0, 0.05) is 19.0 Å². The Balaban J connectivity index is 1.35. The smallest absolute Gasteiger partial charge is 0.243 e. The van der Waals surface area contributed by atoms with E-state index in [4.69, 9.17) is 4.74 Å². The van der Waals surface area contributed by atoms with Gasteiger partial charge in [-0.2, -0.15) is 4.31 Å². The van der Waals surface area contributed by atoms with Crippen LogP contribution in [-0.4, -0.2) is 43.8 Å². The highest BCUT2D eigenvalue weighted by Crippen LogP contribution is 2.33. The zero-order valence-corrected chi connectivity index (χ0v) is 21.8. The number of hydrogen-bond donors (Lipinski definition) is 0. The zero-order chi connectivity index (χ0) is 26.0. The molecular formula is C27H26FN3O4S2. The molecule has 0 N–H and O–H groups in total. The molecule has 0 unspecified atom stereocenters. The van der Waals surface area contributed by atoms with Gasteiger partial charge in [0.15, 0.2) is 5.13 Å². The van der Waals surface area contributed by atoms with Gasteiger partial charge in [-0.15, -0.1) is 0 Å². The quantitative estimate of drug-likeness (QED) is 0.327. The van der Waals surface area contributed by atoms with Crippen LogP contribution < -0.4 is 9.64 Å². The molecule has 2 heterocycles. The predicted molar refractivity (Wildman–Crippen MR) is 142 cm³/mol. The van der Waals surface area contributed by atoms with E-state index in [9.17, 15) is 17.6 Å². The lowest BCUT2D eigenvalue weighted by Gasteiger charge is -2.33. The molecule has 1 aliphatic heterocycles. The molecule has 1 aliphatic rings. The Bertz CT molecular complexity index is 1500. The highest BCUT2D eigenvalue weighted by atomic mass is 32.2. The first-order valence-electron chi connectivity index (χ1n) is 11.9. The summed E-state index contributed by atoms with van der Waals surface area (Å²) in [6.45, 7) is 0.816. The number of sulfonamides is 1. The Kier molecular flexibility index (Phi) is 7.23. The Hall–Kier alpha value is -3.34. The maximum Gasteiger partial charge on any atom is 0.243 e. The van der Waals surface area contributed by atoms with E-state index in [0.717, 1.165) is 5.56 Å². The average molecular weight is 540 g/mol. The van der Waals surface area contributed by atoms with Crippen LogP contribution in [0.15, 0.2) is 77.7 Å². The van der Waals surface area contributed by atoms with Crippen molar-refractivity contribution >= 4 is 42.6 Å². The van der Waals surface area contributed by atoms with Gasteiger partial charge in [-0.25, -0.2) is 17.8 Å². The minimum Gasteiger partial charge on any atom is -0.497 e. The van der Waals surface area contributed by atoms with Crippen LogP contribution in [0.25, 0.3) is 10.2 Å². The van der Waals surface area contributed by atoms with Crippen molar-refractivity contribution in [3.05, 3.63) is 84.2 Å². The number of amides is 1. The summed E-state index contributed by atoms with van der Waals surface area (Å²) < 4.78 is 47.3. The van der Waals surface area contributed by atoms with E-state index in [2.05, 4.69) is 4.98 Å². The lowest BCUT2D eigenvalue weighted by atomic mass is 9.96. The molecule has 0 bridgehead atoms. The van der Waals surface area contributed by atoms with Gasteiger partial charge in [0.2, 0.25) is 15.9 Å². The Morgan fingerprint density at radius 1 is 1.08 bits per heavy atom. The normalized spacial score (nSPS) is 15.1. The molecule has 0 atom stereocenters. The molecule has 5 rings (SSSR count). The first-order chi connectivity index (χ1) is 17.8. The Morgan fingerprint density at radius 2 is 1.78 bits per heavy atom. The molecular weight excluding hydrogens is 513 g/mol. The fraction of sp³-hybridized carbons (Fsp3) is 0.259. The maximum atomic E-state index is 13.8. The number of rotatable bonds is 7. The summed E-state index contributed by atoms with van der Waals surface area (Å²) >= 11 is 1.27. The first kappa shape index (κ1) is 25.3. The topological polar surface area (TPSA) is 79.8 Å². The standard InChI is InChI=1S/C27H26FN3O4S2/c1-35-22-8-10-23(11-9-22)37(33,34)30-15-13-20(14-16-30)26(32)31(18-19-5-3-2-4-6-19)27-29-24-12-7-21(28)17-25(24)36-27/h2-12,17,20H,13-16,18H2,1H3. The number of ether oxygens (including phenoxy) is 1. The summed E-state index contributed by atoms with van der Waals surface area (Å²) in [4.78, 5) is 20.2. The SMILES string of the molecule is COc1ccc(S(=O)(=O)N2CCC(C(=O)N(Cc3ccccc3)c3nc4ccc(F)cc4s3)CC2)cc1. The van der Waals surface area contributed by atoms with Gasteiger partial charge >= 0.3 is 0 Å². The second-order valence-electron chi connectivity index (χ2n) is 8.87. The molecule has 0 spiro atoms. The van der Waals surface area contributed by atoms with Gasteiger partial charge in [0.1, 0.15) is 11.6 Å². The second kappa shape index (κ2) is 10.6. The predicted octanol–water partition coefficient (Wildman–Crippen LogP) is 5.08. The zero-order valence-electron chi connectivity index (χ0n) is 20.2. The number of carbonyl (C=O) groups is 1. The van der Waals surface area contributed by atoms with Gasteiger partial charge in [-0.05, 0) is 60.9 Å². The highest BCUT2D eigenvalue weighted by Gasteiger charge is 2.35. The van der Waals surface area contributed by atoms with Crippen LogP contribution in [0.3, 0.4) is 0 Å². The van der Waals surface area contributed by atoms with Crippen LogP contribution in [0.5, 0.6) is 5.75 Å². The lowest BCUT2D eigenvalue weighted by Crippen LogP contribution is -2.44. The first-order valence-corrected chi connectivity index (χ1v) is 14.2. The minimum absolute atomic E-state index is 0.107. The molecule has 1 aromatic heterocycles. The third-order valence-electron chi connectivity index (χ3n) is 6.52. The Morgan fingerprint density at radius 3 is 2.46 bits per heavy atom. The van der Waals surface area contributed by atoms with Crippen molar-refractivity contribution in [2.24, 2.45) is 5.92 Å². The van der Waals surface area contributed by atoms with Crippen molar-refractivity contribution in [3.8, 4) is 5.75 Å². The minimum atomic E-state index is -3.67. The molecule has 37 heavy (non-hydrogen) atoms. The molecule has 1 fully saturated rings. The highest BCUT2D eigenvalue weighted by molar-refractivity contribution is 7.89. The van der Waals surface area contributed by atoms with Gasteiger partial charge in [0.25, 0.3) is 0 Å². The monoisotopic (exact) mass is 539 g/mol. The molecule has 1 amide bonds. The number of nitrogens with zero attached hydrogens (tertiary/aromatic N) is 3. The van der Waals surface area contributed by atoms with Crippen LogP contribution in [0.4, 0.5) is 9.52 Å². The van der Waals surface area contributed by atoms with Gasteiger partial charge in [-0.1, -0.05) is 41.7 Å². The van der Waals surface area contributed by atoms with Gasteiger partial charge in [-0.3, -0.25) is 9.69 Å². The molecule has 3 aromatic carbocycles. The second-order valence-corrected chi connectivity index (χ2v) is 11.8. The lowest BCUT2D eigenvalue weighted by molar-refractivity contribution is -0.123. The van der Waals surface area contributed by atoms with Crippen LogP contribution >= 0.6 is 11.3 Å². The summed E-state index contributed by atoms with van der Waals surface area (Å²) in [5.41, 5.74) is 1.58. The van der Waals surface area contributed by atoms with Crippen molar-refractivity contribution in [1.82, 2.24) is 9.29 Å². The van der Waals surface area contributed by atoms with Crippen molar-refractivity contribution in [1.29, 1.82) is 0 Å². The number of hydrogen-bond acceptors (Lipinski definition) is 6. The number of fused-ring (bicyclic) bond motifs is 1. The van der Waals surface area contributed by atoms with Crippen LogP contribution in [-0.2, 0) is 21.4 Å². The fourth-order valence-electron chi connectivity index (χ4n) is 4.47. The molecule has 10 heteroatoms. The third kappa shape index (κ3) is 5.36. The van der Waals surface area contributed by atoms with E-state index < -0.39 is 10.0 Å². The van der Waals surface area contributed by atoms with Crippen LogP contribution in [0, 0.1) is 11.7 Å². The van der Waals surface area contributed by atoms with Crippen molar-refractivity contribution in [2.75, 3.05) is 25.1 Å². The molecule has 0 aliphatic carbocycles. The number of carbonyl (C=O) groups excluding carboxylic acids is 1. The summed E-state index contributed by atoms with van der Waals surface area (Å²) in [5, 5.41) is 0.503. The molecule has 4 aromatic rings. The van der Waals surface area contributed by atoms with E-state index >= 15 is 0 Å². The maximum absolute atomic E-state index is 13.8. The average Bonchev–Trinajstić information content (AvgIpc) is 3.35. The number of halogens is 1.